The number of hydrogen-bond donors (Lipinski definition) is 1. The zero-order chi connectivity index (χ0) is 19.7. The minimum atomic E-state index is -3.33. The normalized spacial score (nSPS) is 18.0. The fourth-order valence-corrected chi connectivity index (χ4v) is 5.26. The highest BCUT2D eigenvalue weighted by Crippen LogP contribution is 2.26. The minimum absolute atomic E-state index is 0.0432. The molecule has 146 valence electrons. The van der Waals surface area contributed by atoms with Crippen molar-refractivity contribution in [3.63, 3.8) is 0 Å². The van der Waals surface area contributed by atoms with Crippen LogP contribution in [-0.4, -0.2) is 49.5 Å². The Morgan fingerprint density at radius 3 is 2.68 bits per heavy atom. The Kier molecular flexibility index (Phi) is 5.08. The quantitative estimate of drug-likeness (QED) is 0.648. The van der Waals surface area contributed by atoms with Crippen LogP contribution in [0.4, 0.5) is 0 Å². The molecule has 0 aliphatic carbocycles. The third-order valence-electron chi connectivity index (χ3n) is 5.60. The minimum Gasteiger partial charge on any atom is -0.360 e. The molecule has 0 spiro atoms. The van der Waals surface area contributed by atoms with Crippen LogP contribution < -0.4 is 0 Å². The molecule has 1 aliphatic rings. The molecular formula is C22H24N2O3S. The van der Waals surface area contributed by atoms with Gasteiger partial charge in [-0.05, 0) is 62.7 Å². The first-order valence-electron chi connectivity index (χ1n) is 9.58. The molecule has 2 aromatic carbocycles. The summed E-state index contributed by atoms with van der Waals surface area (Å²) in [6, 6.07) is 14.3. The predicted octanol–water partition coefficient (Wildman–Crippen LogP) is 3.46. The summed E-state index contributed by atoms with van der Waals surface area (Å²) in [5.41, 5.74) is 2.51. The van der Waals surface area contributed by atoms with Gasteiger partial charge in [0.2, 0.25) is 0 Å². The van der Waals surface area contributed by atoms with Crippen LogP contribution in [-0.2, 0) is 16.3 Å². The fraction of sp³-hybridized carbons (Fsp3) is 0.318. The van der Waals surface area contributed by atoms with Crippen LogP contribution in [0, 0.1) is 0 Å². The van der Waals surface area contributed by atoms with Gasteiger partial charge < -0.3 is 4.98 Å². The Balaban J connectivity index is 1.57. The Morgan fingerprint density at radius 2 is 1.96 bits per heavy atom. The first-order chi connectivity index (χ1) is 13.5. The number of aromatic amines is 1. The maximum absolute atomic E-state index is 13.0. The molecule has 1 fully saturated rings. The van der Waals surface area contributed by atoms with Crippen molar-refractivity contribution in [2.45, 2.75) is 30.2 Å². The topological polar surface area (TPSA) is 70.2 Å². The number of fused-ring (bicyclic) bond motifs is 1. The number of nitrogens with one attached hydrogen (secondary N) is 1. The van der Waals surface area contributed by atoms with E-state index in [1.54, 1.807) is 36.5 Å². The Morgan fingerprint density at radius 1 is 1.18 bits per heavy atom. The standard InChI is InChI=1S/C22H24N2O3S/c1-24-12-5-8-21(24)22(25)19-15-23-20-10-9-16(14-18(19)20)11-13-28(26,27)17-6-3-2-4-7-17/h2-4,6-7,9-10,14-15,21,23H,5,8,11-13H2,1H3/t21-/m1/s1. The second kappa shape index (κ2) is 7.53. The summed E-state index contributed by atoms with van der Waals surface area (Å²) >= 11 is 0. The van der Waals surface area contributed by atoms with Gasteiger partial charge in [-0.1, -0.05) is 24.3 Å². The van der Waals surface area contributed by atoms with Crippen LogP contribution in [0.3, 0.4) is 0 Å². The van der Waals surface area contributed by atoms with Crippen molar-refractivity contribution < 1.29 is 13.2 Å². The number of aryl methyl sites for hydroxylation is 1. The van der Waals surface area contributed by atoms with Crippen LogP contribution in [0.1, 0.15) is 28.8 Å². The lowest BCUT2D eigenvalue weighted by Gasteiger charge is -2.17. The molecule has 0 amide bonds. The summed E-state index contributed by atoms with van der Waals surface area (Å²) in [4.78, 5) is 18.6. The van der Waals surface area contributed by atoms with E-state index in [1.165, 1.54) is 0 Å². The van der Waals surface area contributed by atoms with E-state index in [0.29, 0.717) is 16.9 Å². The molecule has 6 heteroatoms. The fourth-order valence-electron chi connectivity index (χ4n) is 3.95. The summed E-state index contributed by atoms with van der Waals surface area (Å²) in [5.74, 6) is 0.182. The average Bonchev–Trinajstić information content (AvgIpc) is 3.32. The third-order valence-corrected chi connectivity index (χ3v) is 7.33. The van der Waals surface area contributed by atoms with E-state index in [9.17, 15) is 13.2 Å². The summed E-state index contributed by atoms with van der Waals surface area (Å²) in [5, 5.41) is 0.875. The van der Waals surface area contributed by atoms with Gasteiger partial charge in [-0.25, -0.2) is 8.42 Å². The van der Waals surface area contributed by atoms with E-state index in [0.717, 1.165) is 35.9 Å². The lowest BCUT2D eigenvalue weighted by molar-refractivity contribution is 0.0892. The maximum atomic E-state index is 13.0. The monoisotopic (exact) mass is 396 g/mol. The van der Waals surface area contributed by atoms with E-state index in [-0.39, 0.29) is 17.6 Å². The van der Waals surface area contributed by atoms with Gasteiger partial charge in [-0.3, -0.25) is 9.69 Å². The van der Waals surface area contributed by atoms with Crippen LogP contribution in [0.25, 0.3) is 10.9 Å². The van der Waals surface area contributed by atoms with E-state index in [2.05, 4.69) is 9.88 Å². The van der Waals surface area contributed by atoms with Gasteiger partial charge >= 0.3 is 0 Å². The van der Waals surface area contributed by atoms with Gasteiger partial charge in [-0.15, -0.1) is 0 Å². The summed E-state index contributed by atoms with van der Waals surface area (Å²) < 4.78 is 25.1. The van der Waals surface area contributed by atoms with Crippen LogP contribution in [0.2, 0.25) is 0 Å². The lowest BCUT2D eigenvalue weighted by atomic mass is 10.00. The van der Waals surface area contributed by atoms with E-state index in [4.69, 9.17) is 0 Å². The van der Waals surface area contributed by atoms with Gasteiger partial charge in [0.05, 0.1) is 16.7 Å². The van der Waals surface area contributed by atoms with E-state index < -0.39 is 9.84 Å². The number of aromatic nitrogens is 1. The number of Topliss-reactive ketones (excluding diaryl/α,β-unsaturated/α-hetero) is 1. The van der Waals surface area contributed by atoms with Crippen molar-refractivity contribution >= 4 is 26.5 Å². The third kappa shape index (κ3) is 3.62. The van der Waals surface area contributed by atoms with E-state index >= 15 is 0 Å². The number of rotatable bonds is 6. The molecule has 28 heavy (non-hydrogen) atoms. The molecule has 0 unspecified atom stereocenters. The zero-order valence-corrected chi connectivity index (χ0v) is 16.7. The van der Waals surface area contributed by atoms with Crippen molar-refractivity contribution in [2.24, 2.45) is 0 Å². The van der Waals surface area contributed by atoms with Gasteiger partial charge in [0.1, 0.15) is 0 Å². The molecule has 1 aliphatic heterocycles. The van der Waals surface area contributed by atoms with E-state index in [1.807, 2.05) is 25.2 Å². The van der Waals surface area contributed by atoms with Gasteiger partial charge in [0.25, 0.3) is 0 Å². The molecule has 4 rings (SSSR count). The number of carbonyl (C=O) groups is 1. The molecule has 1 N–H and O–H groups in total. The number of ketones is 1. The zero-order valence-electron chi connectivity index (χ0n) is 15.9. The molecule has 0 saturated carbocycles. The highest BCUT2D eigenvalue weighted by Gasteiger charge is 2.30. The molecule has 3 aromatic rings. The van der Waals surface area contributed by atoms with Crippen LogP contribution >= 0.6 is 0 Å². The second-order valence-electron chi connectivity index (χ2n) is 7.47. The maximum Gasteiger partial charge on any atom is 0.182 e. The molecule has 1 aromatic heterocycles. The van der Waals surface area contributed by atoms with Crippen molar-refractivity contribution in [1.29, 1.82) is 0 Å². The average molecular weight is 397 g/mol. The number of likely N-dealkylation sites (tertiary alicyclic amines) is 1. The number of hydrogen-bond acceptors (Lipinski definition) is 4. The first kappa shape index (κ1) is 18.9. The molecule has 2 heterocycles. The van der Waals surface area contributed by atoms with Gasteiger partial charge in [0, 0.05) is 22.7 Å². The van der Waals surface area contributed by atoms with Crippen LogP contribution in [0.5, 0.6) is 0 Å². The van der Waals surface area contributed by atoms with Crippen molar-refractivity contribution in [3.05, 3.63) is 65.9 Å². The Bertz CT molecular complexity index is 1100. The SMILES string of the molecule is CN1CCC[C@@H]1C(=O)c1c[nH]c2ccc(CCS(=O)(=O)c3ccccc3)cc12. The van der Waals surface area contributed by atoms with Crippen LogP contribution in [0.15, 0.2) is 59.6 Å². The number of carbonyl (C=O) groups excluding carboxylic acids is 1. The largest absolute Gasteiger partial charge is 0.360 e. The van der Waals surface area contributed by atoms with Gasteiger partial charge in [0.15, 0.2) is 15.6 Å². The summed E-state index contributed by atoms with van der Waals surface area (Å²) in [6.07, 6.45) is 4.12. The van der Waals surface area contributed by atoms with Crippen molar-refractivity contribution in [1.82, 2.24) is 9.88 Å². The number of benzene rings is 2. The molecule has 0 bridgehead atoms. The second-order valence-corrected chi connectivity index (χ2v) is 9.58. The molecule has 1 atom stereocenters. The van der Waals surface area contributed by atoms with Gasteiger partial charge in [-0.2, -0.15) is 0 Å². The molecular weight excluding hydrogens is 372 g/mol. The number of nitrogens with zero attached hydrogens (tertiary/aromatic N) is 1. The predicted molar refractivity (Wildman–Crippen MR) is 110 cm³/mol. The highest BCUT2D eigenvalue weighted by molar-refractivity contribution is 7.91. The van der Waals surface area contributed by atoms with Crippen molar-refractivity contribution in [3.8, 4) is 0 Å². The molecule has 0 radical (unpaired) electrons. The highest BCUT2D eigenvalue weighted by atomic mass is 32.2. The lowest BCUT2D eigenvalue weighted by Crippen LogP contribution is -2.32. The first-order valence-corrected chi connectivity index (χ1v) is 11.2. The number of H-pyrrole nitrogens is 1. The smallest absolute Gasteiger partial charge is 0.182 e. The van der Waals surface area contributed by atoms with Crippen molar-refractivity contribution in [2.75, 3.05) is 19.3 Å². The molecule has 1 saturated heterocycles. The molecule has 5 nitrogen and oxygen atoms in total. The Labute approximate surface area is 165 Å². The number of sulfone groups is 1. The summed E-state index contributed by atoms with van der Waals surface area (Å²) in [7, 11) is -1.34. The number of likely N-dealkylation sites (N-methyl/N-ethyl adjacent to an activating group) is 1. The Hall–Kier alpha value is -2.44. The summed E-state index contributed by atoms with van der Waals surface area (Å²) in [6.45, 7) is 0.946.